The summed E-state index contributed by atoms with van der Waals surface area (Å²) in [6, 6.07) is 3.47. The minimum Gasteiger partial charge on any atom is -0.374 e. The number of hydrogen-bond donors (Lipinski definition) is 1. The van der Waals surface area contributed by atoms with Crippen LogP contribution in [0.3, 0.4) is 0 Å². The molecule has 1 aromatic rings. The van der Waals surface area contributed by atoms with Gasteiger partial charge >= 0.3 is 0 Å². The Balaban J connectivity index is 2.28. The molecule has 1 aliphatic heterocycles. The van der Waals surface area contributed by atoms with E-state index in [9.17, 15) is 8.78 Å². The van der Waals surface area contributed by atoms with Crippen molar-refractivity contribution in [1.82, 2.24) is 10.2 Å². The summed E-state index contributed by atoms with van der Waals surface area (Å²) in [6.07, 6.45) is -0.131. The molecule has 1 aliphatic rings. The first-order valence-electron chi connectivity index (χ1n) is 6.03. The van der Waals surface area contributed by atoms with Gasteiger partial charge in [0.1, 0.15) is 11.6 Å². The summed E-state index contributed by atoms with van der Waals surface area (Å²) >= 11 is 0. The van der Waals surface area contributed by atoms with Gasteiger partial charge in [0.15, 0.2) is 0 Å². The Bertz CT molecular complexity index is 406. The summed E-state index contributed by atoms with van der Waals surface area (Å²) in [7, 11) is 3.73. The lowest BCUT2D eigenvalue weighted by atomic mass is 9.98. The second kappa shape index (κ2) is 5.73. The van der Waals surface area contributed by atoms with Crippen molar-refractivity contribution in [3.05, 3.63) is 35.4 Å². The predicted octanol–water partition coefficient (Wildman–Crippen LogP) is 1.56. The van der Waals surface area contributed by atoms with Crippen LogP contribution in [0.4, 0.5) is 8.78 Å². The molecule has 18 heavy (non-hydrogen) atoms. The van der Waals surface area contributed by atoms with Crippen molar-refractivity contribution in [1.29, 1.82) is 0 Å². The molecule has 3 nitrogen and oxygen atoms in total. The van der Waals surface area contributed by atoms with Crippen LogP contribution in [0.2, 0.25) is 0 Å². The van der Waals surface area contributed by atoms with Crippen LogP contribution < -0.4 is 5.32 Å². The molecule has 100 valence electrons. The van der Waals surface area contributed by atoms with Crippen molar-refractivity contribution in [3.63, 3.8) is 0 Å². The Morgan fingerprint density at radius 2 is 2.17 bits per heavy atom. The van der Waals surface area contributed by atoms with Crippen LogP contribution in [0.5, 0.6) is 0 Å². The maximum atomic E-state index is 13.9. The molecule has 0 amide bonds. The number of benzene rings is 1. The van der Waals surface area contributed by atoms with Crippen LogP contribution >= 0.6 is 0 Å². The first-order valence-corrected chi connectivity index (χ1v) is 6.03. The third kappa shape index (κ3) is 2.85. The quantitative estimate of drug-likeness (QED) is 0.888. The Hall–Kier alpha value is -1.04. The van der Waals surface area contributed by atoms with Crippen molar-refractivity contribution in [2.45, 2.75) is 12.1 Å². The molecule has 1 saturated heterocycles. The zero-order valence-electron chi connectivity index (χ0n) is 10.6. The van der Waals surface area contributed by atoms with Crippen LogP contribution in [0.25, 0.3) is 0 Å². The lowest BCUT2D eigenvalue weighted by Gasteiger charge is -2.35. The van der Waals surface area contributed by atoms with Gasteiger partial charge in [-0.2, -0.15) is 0 Å². The minimum absolute atomic E-state index is 0.131. The monoisotopic (exact) mass is 256 g/mol. The average molecular weight is 256 g/mol. The fraction of sp³-hybridized carbons (Fsp3) is 0.538. The van der Waals surface area contributed by atoms with Gasteiger partial charge in [-0.25, -0.2) is 8.78 Å². The molecule has 0 spiro atoms. The lowest BCUT2D eigenvalue weighted by Crippen LogP contribution is -2.45. The normalized spacial score (nSPS) is 22.2. The van der Waals surface area contributed by atoms with Gasteiger partial charge < -0.3 is 10.1 Å². The first-order chi connectivity index (χ1) is 8.59. The van der Waals surface area contributed by atoms with E-state index < -0.39 is 11.6 Å². The molecule has 1 N–H and O–H groups in total. The van der Waals surface area contributed by atoms with E-state index in [-0.39, 0.29) is 12.1 Å². The topological polar surface area (TPSA) is 24.5 Å². The maximum absolute atomic E-state index is 13.9. The fourth-order valence-electron chi connectivity index (χ4n) is 2.34. The Morgan fingerprint density at radius 3 is 2.72 bits per heavy atom. The molecular formula is C13H18F2N2O. The molecule has 1 aromatic carbocycles. The summed E-state index contributed by atoms with van der Waals surface area (Å²) in [5.74, 6) is -1.08. The molecule has 0 radical (unpaired) electrons. The number of nitrogens with zero attached hydrogens (tertiary/aromatic N) is 1. The number of likely N-dealkylation sites (N-methyl/N-ethyl adjacent to an activating group) is 1. The highest BCUT2D eigenvalue weighted by molar-refractivity contribution is 5.23. The molecule has 5 heteroatoms. The van der Waals surface area contributed by atoms with E-state index >= 15 is 0 Å². The van der Waals surface area contributed by atoms with E-state index in [0.717, 1.165) is 12.6 Å². The van der Waals surface area contributed by atoms with Crippen LogP contribution in [0.1, 0.15) is 11.6 Å². The summed E-state index contributed by atoms with van der Waals surface area (Å²) in [5.41, 5.74) is 0.468. The van der Waals surface area contributed by atoms with Crippen molar-refractivity contribution >= 4 is 0 Å². The van der Waals surface area contributed by atoms with Crippen molar-refractivity contribution < 1.29 is 13.5 Å². The standard InChI is InChI=1S/C13H18F2N2O/c1-17(2)13(12-8-16-5-6-18-12)10-4-3-9(14)7-11(10)15/h3-4,7,12-13,16H,5-6,8H2,1-2H3. The average Bonchev–Trinajstić information content (AvgIpc) is 2.33. The molecule has 2 unspecified atom stereocenters. The van der Waals surface area contributed by atoms with E-state index in [0.29, 0.717) is 18.7 Å². The van der Waals surface area contributed by atoms with Gasteiger partial charge in [0.25, 0.3) is 0 Å². The smallest absolute Gasteiger partial charge is 0.131 e. The van der Waals surface area contributed by atoms with E-state index in [1.54, 1.807) is 0 Å². The van der Waals surface area contributed by atoms with Crippen LogP contribution in [-0.2, 0) is 4.74 Å². The highest BCUT2D eigenvalue weighted by Gasteiger charge is 2.29. The third-order valence-electron chi connectivity index (χ3n) is 3.15. The van der Waals surface area contributed by atoms with Crippen LogP contribution in [-0.4, -0.2) is 44.8 Å². The second-order valence-electron chi connectivity index (χ2n) is 4.69. The van der Waals surface area contributed by atoms with E-state index in [4.69, 9.17) is 4.74 Å². The van der Waals surface area contributed by atoms with E-state index in [1.807, 2.05) is 19.0 Å². The highest BCUT2D eigenvalue weighted by atomic mass is 19.1. The highest BCUT2D eigenvalue weighted by Crippen LogP contribution is 2.27. The zero-order valence-corrected chi connectivity index (χ0v) is 10.6. The third-order valence-corrected chi connectivity index (χ3v) is 3.15. The van der Waals surface area contributed by atoms with Gasteiger partial charge in [0.2, 0.25) is 0 Å². The second-order valence-corrected chi connectivity index (χ2v) is 4.69. The molecule has 0 saturated carbocycles. The van der Waals surface area contributed by atoms with E-state index in [1.165, 1.54) is 12.1 Å². The Morgan fingerprint density at radius 1 is 1.39 bits per heavy atom. The van der Waals surface area contributed by atoms with Gasteiger partial charge in [-0.05, 0) is 20.2 Å². The van der Waals surface area contributed by atoms with E-state index in [2.05, 4.69) is 5.32 Å². The molecule has 0 bridgehead atoms. The molecular weight excluding hydrogens is 238 g/mol. The minimum atomic E-state index is -0.559. The van der Waals surface area contributed by atoms with Crippen molar-refractivity contribution in [3.8, 4) is 0 Å². The molecule has 2 atom stereocenters. The molecule has 2 rings (SSSR count). The largest absolute Gasteiger partial charge is 0.374 e. The number of nitrogens with one attached hydrogen (secondary N) is 1. The van der Waals surface area contributed by atoms with Gasteiger partial charge in [0.05, 0.1) is 18.8 Å². The predicted molar refractivity (Wildman–Crippen MR) is 65.4 cm³/mol. The van der Waals surface area contributed by atoms with Crippen molar-refractivity contribution in [2.75, 3.05) is 33.8 Å². The fourth-order valence-corrected chi connectivity index (χ4v) is 2.34. The van der Waals surface area contributed by atoms with Gasteiger partial charge in [-0.15, -0.1) is 0 Å². The number of morpholine rings is 1. The Labute approximate surface area is 106 Å². The number of ether oxygens (including phenoxy) is 1. The molecule has 0 aromatic heterocycles. The summed E-state index contributed by atoms with van der Waals surface area (Å²) in [6.45, 7) is 2.08. The summed E-state index contributed by atoms with van der Waals surface area (Å²) in [4.78, 5) is 1.90. The van der Waals surface area contributed by atoms with Gasteiger partial charge in [-0.1, -0.05) is 6.07 Å². The van der Waals surface area contributed by atoms with Gasteiger partial charge in [-0.3, -0.25) is 4.90 Å². The van der Waals surface area contributed by atoms with Gasteiger partial charge in [0, 0.05) is 24.7 Å². The maximum Gasteiger partial charge on any atom is 0.131 e. The number of hydrogen-bond acceptors (Lipinski definition) is 3. The number of rotatable bonds is 3. The number of halogens is 2. The summed E-state index contributed by atoms with van der Waals surface area (Å²) in [5, 5.41) is 3.22. The molecule has 1 heterocycles. The molecule has 0 aliphatic carbocycles. The van der Waals surface area contributed by atoms with Crippen LogP contribution in [0, 0.1) is 11.6 Å². The Kier molecular flexibility index (Phi) is 4.27. The summed E-state index contributed by atoms with van der Waals surface area (Å²) < 4.78 is 32.5. The lowest BCUT2D eigenvalue weighted by molar-refractivity contribution is -0.0221. The molecule has 1 fully saturated rings. The van der Waals surface area contributed by atoms with Crippen LogP contribution in [0.15, 0.2) is 18.2 Å². The zero-order chi connectivity index (χ0) is 13.1. The van der Waals surface area contributed by atoms with Crippen molar-refractivity contribution in [2.24, 2.45) is 0 Å². The first kappa shape index (κ1) is 13.4. The SMILES string of the molecule is CN(C)C(c1ccc(F)cc1F)C1CNCCO1.